The minimum Gasteiger partial charge on any atom is -0.493 e. The van der Waals surface area contributed by atoms with Crippen LogP contribution in [0.15, 0.2) is 92.2 Å². The Bertz CT molecular complexity index is 2830. The van der Waals surface area contributed by atoms with Crippen molar-refractivity contribution in [1.29, 1.82) is 0 Å². The van der Waals surface area contributed by atoms with Crippen LogP contribution in [0.2, 0.25) is 0 Å². The first-order chi connectivity index (χ1) is 32.5. The van der Waals surface area contributed by atoms with Crippen molar-refractivity contribution in [3.63, 3.8) is 0 Å². The zero-order chi connectivity index (χ0) is 47.0. The summed E-state index contributed by atoms with van der Waals surface area (Å²) >= 11 is 0. The number of unbranched alkanes of at least 4 members (excludes halogenated alkanes) is 1. The molecule has 67 heavy (non-hydrogen) atoms. The summed E-state index contributed by atoms with van der Waals surface area (Å²) in [4.78, 5) is 83.1. The SMILES string of the molecule is C=Cc1cc(-c2nc3c(c(NC)n2)CCN(C(=O)c2ccc(COc4ccc(C#CCN(C)CCCCOc5cccc6c5C(=O)N(C5CCC(=O)NC5=O)C6=O)cc4)cc2)C3)cnc1C=C. The summed E-state index contributed by atoms with van der Waals surface area (Å²) in [6.45, 7) is 10.6. The molecule has 2 aromatic heterocycles. The van der Waals surface area contributed by atoms with E-state index in [2.05, 4.69) is 45.5 Å². The number of imide groups is 2. The smallest absolute Gasteiger partial charge is 0.266 e. The number of hydrogen-bond acceptors (Lipinski definition) is 12. The van der Waals surface area contributed by atoms with E-state index in [9.17, 15) is 24.0 Å². The molecule has 5 amide bonds. The molecule has 3 aromatic carbocycles. The highest BCUT2D eigenvalue weighted by Gasteiger charge is 2.46. The lowest BCUT2D eigenvalue weighted by atomic mass is 10.0. The Hall–Kier alpha value is -7.96. The maximum Gasteiger partial charge on any atom is 0.266 e. The molecule has 15 heteroatoms. The van der Waals surface area contributed by atoms with Gasteiger partial charge < -0.3 is 19.7 Å². The van der Waals surface area contributed by atoms with Crippen LogP contribution in [-0.4, -0.2) is 106 Å². The first kappa shape index (κ1) is 45.6. The van der Waals surface area contributed by atoms with Crippen molar-refractivity contribution in [2.75, 3.05) is 45.7 Å². The van der Waals surface area contributed by atoms with Crippen molar-refractivity contribution < 1.29 is 33.4 Å². The van der Waals surface area contributed by atoms with Gasteiger partial charge in [-0.15, -0.1) is 0 Å². The zero-order valence-corrected chi connectivity index (χ0v) is 37.5. The van der Waals surface area contributed by atoms with E-state index < -0.39 is 29.7 Å². The molecule has 340 valence electrons. The number of nitrogens with zero attached hydrogens (tertiary/aromatic N) is 6. The summed E-state index contributed by atoms with van der Waals surface area (Å²) in [5, 5.41) is 5.42. The van der Waals surface area contributed by atoms with Crippen LogP contribution >= 0.6 is 0 Å². The van der Waals surface area contributed by atoms with E-state index in [1.54, 1.807) is 36.5 Å². The number of amides is 5. The van der Waals surface area contributed by atoms with Crippen LogP contribution in [0.4, 0.5) is 5.82 Å². The van der Waals surface area contributed by atoms with Crippen LogP contribution < -0.4 is 20.1 Å². The van der Waals surface area contributed by atoms with Gasteiger partial charge in [0.15, 0.2) is 5.82 Å². The summed E-state index contributed by atoms with van der Waals surface area (Å²) < 4.78 is 12.0. The molecule has 1 fully saturated rings. The molecule has 0 bridgehead atoms. The minimum absolute atomic E-state index is 0.0569. The molecule has 0 aliphatic carbocycles. The summed E-state index contributed by atoms with van der Waals surface area (Å²) in [5.41, 5.74) is 6.83. The Labute approximate surface area is 388 Å². The average molecular weight is 899 g/mol. The number of hydrogen-bond donors (Lipinski definition) is 2. The van der Waals surface area contributed by atoms with Gasteiger partial charge in [-0.25, -0.2) is 9.97 Å². The minimum atomic E-state index is -1.03. The van der Waals surface area contributed by atoms with Crippen molar-refractivity contribution >= 4 is 47.5 Å². The van der Waals surface area contributed by atoms with Gasteiger partial charge in [0, 0.05) is 54.0 Å². The van der Waals surface area contributed by atoms with Gasteiger partial charge in [-0.1, -0.05) is 49.3 Å². The summed E-state index contributed by atoms with van der Waals surface area (Å²) in [5.74, 6) is 6.39. The molecule has 5 aromatic rings. The number of rotatable bonds is 16. The molecule has 5 heterocycles. The maximum absolute atomic E-state index is 13.7. The van der Waals surface area contributed by atoms with E-state index in [0.717, 1.165) is 62.9 Å². The Morgan fingerprint density at radius 3 is 2.52 bits per heavy atom. The monoisotopic (exact) mass is 898 g/mol. The van der Waals surface area contributed by atoms with Crippen LogP contribution in [-0.2, 0) is 29.2 Å². The second-order valence-electron chi connectivity index (χ2n) is 16.4. The fraction of sp³-hybridized carbons (Fsp3) is 0.269. The van der Waals surface area contributed by atoms with Crippen LogP contribution in [0.5, 0.6) is 11.5 Å². The van der Waals surface area contributed by atoms with Crippen LogP contribution in [0.1, 0.15) is 90.4 Å². The number of fused-ring (bicyclic) bond motifs is 2. The number of nitrogens with one attached hydrogen (secondary N) is 2. The molecule has 0 spiro atoms. The highest BCUT2D eigenvalue weighted by Crippen LogP contribution is 2.34. The molecule has 8 rings (SSSR count). The summed E-state index contributed by atoms with van der Waals surface area (Å²) in [6, 6.07) is 20.8. The molecular weight excluding hydrogens is 849 g/mol. The van der Waals surface area contributed by atoms with E-state index in [1.807, 2.05) is 73.6 Å². The van der Waals surface area contributed by atoms with Gasteiger partial charge in [0.1, 0.15) is 30.0 Å². The van der Waals surface area contributed by atoms with E-state index in [1.165, 1.54) is 0 Å². The molecule has 3 aliphatic rings. The van der Waals surface area contributed by atoms with Crippen molar-refractivity contribution in [3.8, 4) is 34.7 Å². The fourth-order valence-corrected chi connectivity index (χ4v) is 8.24. The van der Waals surface area contributed by atoms with Crippen LogP contribution in [0.3, 0.4) is 0 Å². The lowest BCUT2D eigenvalue weighted by Gasteiger charge is -2.29. The quantitative estimate of drug-likeness (QED) is 0.0654. The standard InChI is InChI=1S/C52H50N8O7/c1-5-35-29-37(30-54-41(35)6-2)47-55-42-31-59(27-24-39(42)48(53-3)57-47)50(63)36-18-14-34(15-19-36)32-67-38-20-16-33(17-21-38)11-10-26-58(4)25-7-8-28-66-44-13-9-12-40-46(44)52(65)60(51(40)64)43-22-23-45(61)56-49(43)62/h5-6,9,12-21,29-30,43H,1-2,7-8,22-28,31-32H2,3-4H3,(H,53,55,57)(H,56,61,62). The van der Waals surface area contributed by atoms with Crippen molar-refractivity contribution in [3.05, 3.63) is 142 Å². The Balaban J connectivity index is 0.763. The Morgan fingerprint density at radius 2 is 1.78 bits per heavy atom. The van der Waals surface area contributed by atoms with Crippen molar-refractivity contribution in [2.24, 2.45) is 0 Å². The molecule has 2 N–H and O–H groups in total. The predicted octanol–water partition coefficient (Wildman–Crippen LogP) is 6.19. The lowest BCUT2D eigenvalue weighted by Crippen LogP contribution is -2.54. The number of pyridine rings is 1. The van der Waals surface area contributed by atoms with Gasteiger partial charge in [0.2, 0.25) is 11.8 Å². The molecule has 1 atom stereocenters. The highest BCUT2D eigenvalue weighted by atomic mass is 16.5. The number of carbonyl (C=O) groups is 5. The first-order valence-corrected chi connectivity index (χ1v) is 22.1. The number of anilines is 1. The number of benzene rings is 3. The average Bonchev–Trinajstić information content (AvgIpc) is 3.61. The van der Waals surface area contributed by atoms with Gasteiger partial charge in [-0.2, -0.15) is 0 Å². The Morgan fingerprint density at radius 1 is 0.970 bits per heavy atom. The number of aromatic nitrogens is 3. The van der Waals surface area contributed by atoms with Crippen molar-refractivity contribution in [2.45, 2.75) is 51.3 Å². The summed E-state index contributed by atoms with van der Waals surface area (Å²) in [7, 11) is 3.83. The van der Waals surface area contributed by atoms with Gasteiger partial charge in [-0.3, -0.25) is 44.1 Å². The third-order valence-corrected chi connectivity index (χ3v) is 11.9. The summed E-state index contributed by atoms with van der Waals surface area (Å²) in [6.07, 6.45) is 7.43. The number of ether oxygens (including phenoxy) is 2. The predicted molar refractivity (Wildman–Crippen MR) is 253 cm³/mol. The molecule has 1 saturated heterocycles. The van der Waals surface area contributed by atoms with E-state index in [4.69, 9.17) is 19.4 Å². The molecule has 0 radical (unpaired) electrons. The van der Waals surface area contributed by atoms with Crippen LogP contribution in [0.25, 0.3) is 23.5 Å². The largest absolute Gasteiger partial charge is 0.493 e. The topological polar surface area (TPSA) is 176 Å². The molecular formula is C52H50N8O7. The van der Waals surface area contributed by atoms with Gasteiger partial charge in [-0.05, 0) is 106 Å². The normalized spacial score (nSPS) is 15.3. The number of carbonyl (C=O) groups excluding carboxylic acids is 5. The third kappa shape index (κ3) is 10.1. The van der Waals surface area contributed by atoms with E-state index in [0.29, 0.717) is 68.6 Å². The Kier molecular flexibility index (Phi) is 13.9. The molecule has 3 aliphatic heterocycles. The molecule has 0 saturated carbocycles. The first-order valence-electron chi connectivity index (χ1n) is 22.1. The van der Waals surface area contributed by atoms with Gasteiger partial charge in [0.05, 0.1) is 42.2 Å². The van der Waals surface area contributed by atoms with Gasteiger partial charge >= 0.3 is 0 Å². The second kappa shape index (κ2) is 20.5. The van der Waals surface area contributed by atoms with Crippen molar-refractivity contribution in [1.82, 2.24) is 35.0 Å². The molecule has 15 nitrogen and oxygen atoms in total. The lowest BCUT2D eigenvalue weighted by molar-refractivity contribution is -0.136. The number of piperidine rings is 1. The molecule has 1 unspecified atom stereocenters. The fourth-order valence-electron chi connectivity index (χ4n) is 8.24. The highest BCUT2D eigenvalue weighted by molar-refractivity contribution is 6.24. The van der Waals surface area contributed by atoms with E-state index in [-0.39, 0.29) is 29.9 Å². The van der Waals surface area contributed by atoms with E-state index >= 15 is 0 Å². The van der Waals surface area contributed by atoms with Crippen LogP contribution in [0, 0.1) is 11.8 Å². The maximum atomic E-state index is 13.7. The zero-order valence-electron chi connectivity index (χ0n) is 37.5. The van der Waals surface area contributed by atoms with Gasteiger partial charge in [0.25, 0.3) is 17.7 Å². The second-order valence-corrected chi connectivity index (χ2v) is 16.4. The third-order valence-electron chi connectivity index (χ3n) is 11.9.